The Kier molecular flexibility index (Phi) is 9.90. The van der Waals surface area contributed by atoms with E-state index in [4.69, 9.17) is 9.47 Å². The fraction of sp³-hybridized carbons (Fsp3) is 0.515. The van der Waals surface area contributed by atoms with Crippen LogP contribution in [0.25, 0.3) is 0 Å². The highest BCUT2D eigenvalue weighted by Crippen LogP contribution is 2.33. The summed E-state index contributed by atoms with van der Waals surface area (Å²) in [5, 5.41) is 5.84. The molecule has 3 amide bonds. The number of benzene rings is 2. The average molecular weight is 591 g/mol. The largest absolute Gasteiger partial charge is 0.379 e. The van der Waals surface area contributed by atoms with Crippen LogP contribution in [0.15, 0.2) is 60.7 Å². The van der Waals surface area contributed by atoms with Gasteiger partial charge in [0, 0.05) is 25.6 Å². The highest BCUT2D eigenvalue weighted by molar-refractivity contribution is 5.99. The number of amides is 3. The second-order valence-corrected chi connectivity index (χ2v) is 12.0. The van der Waals surface area contributed by atoms with Gasteiger partial charge in [0.1, 0.15) is 17.7 Å². The van der Waals surface area contributed by atoms with E-state index >= 15 is 0 Å². The number of morpholine rings is 1. The van der Waals surface area contributed by atoms with Crippen LogP contribution in [0.1, 0.15) is 37.8 Å². The topological polar surface area (TPSA) is 121 Å². The fourth-order valence-corrected chi connectivity index (χ4v) is 5.99. The van der Waals surface area contributed by atoms with E-state index in [1.807, 2.05) is 72.5 Å². The van der Waals surface area contributed by atoms with E-state index in [0.29, 0.717) is 58.6 Å². The number of Topliss-reactive ketones (excluding diaryl/α,β-unsaturated/α-hetero) is 1. The molecule has 5 atom stereocenters. The van der Waals surface area contributed by atoms with Crippen LogP contribution in [-0.4, -0.2) is 103 Å². The number of ketones is 1. The summed E-state index contributed by atoms with van der Waals surface area (Å²) in [4.78, 5) is 57.7. The molecule has 10 heteroatoms. The SMILES string of the molecule is CC1C[C@H](NC(=O)[C@H](CCc2ccccc2)NC(=O)CN2CCOCC2)C(=O)N1[C@@H](Cc1ccccc1)C(=O)[C@@]1(C)CO1. The molecular weight excluding hydrogens is 548 g/mol. The van der Waals surface area contributed by atoms with Gasteiger partial charge in [0.15, 0.2) is 5.78 Å². The normalized spacial score (nSPS) is 25.2. The molecule has 1 unspecified atom stereocenters. The minimum Gasteiger partial charge on any atom is -0.379 e. The number of epoxide rings is 1. The van der Waals surface area contributed by atoms with Crippen LogP contribution >= 0.6 is 0 Å². The van der Waals surface area contributed by atoms with Crippen LogP contribution in [0.4, 0.5) is 0 Å². The van der Waals surface area contributed by atoms with Gasteiger partial charge in [-0.25, -0.2) is 0 Å². The van der Waals surface area contributed by atoms with Gasteiger partial charge in [-0.1, -0.05) is 60.7 Å². The summed E-state index contributed by atoms with van der Waals surface area (Å²) in [6, 6.07) is 16.8. The van der Waals surface area contributed by atoms with Crippen molar-refractivity contribution in [1.29, 1.82) is 0 Å². The Hall–Kier alpha value is -3.60. The van der Waals surface area contributed by atoms with Crippen molar-refractivity contribution in [3.05, 3.63) is 71.8 Å². The zero-order valence-electron chi connectivity index (χ0n) is 25.0. The van der Waals surface area contributed by atoms with Crippen molar-refractivity contribution in [3.8, 4) is 0 Å². The lowest BCUT2D eigenvalue weighted by molar-refractivity contribution is -0.141. The third-order valence-electron chi connectivity index (χ3n) is 8.62. The first kappa shape index (κ1) is 30.8. The van der Waals surface area contributed by atoms with Gasteiger partial charge in [0.25, 0.3) is 0 Å². The molecule has 3 aliphatic rings. The third-order valence-corrected chi connectivity index (χ3v) is 8.62. The third kappa shape index (κ3) is 7.87. The molecule has 43 heavy (non-hydrogen) atoms. The Morgan fingerprint density at radius 1 is 1.00 bits per heavy atom. The highest BCUT2D eigenvalue weighted by atomic mass is 16.6. The number of ether oxygens (including phenoxy) is 2. The fourth-order valence-electron chi connectivity index (χ4n) is 5.99. The number of nitrogens with one attached hydrogen (secondary N) is 2. The molecular formula is C33H42N4O6. The number of likely N-dealkylation sites (tertiary alicyclic amines) is 1. The summed E-state index contributed by atoms with van der Waals surface area (Å²) in [6.45, 7) is 6.64. The van der Waals surface area contributed by atoms with Gasteiger partial charge >= 0.3 is 0 Å². The van der Waals surface area contributed by atoms with Gasteiger partial charge < -0.3 is 25.0 Å². The van der Waals surface area contributed by atoms with E-state index in [9.17, 15) is 19.2 Å². The molecule has 2 aromatic rings. The van der Waals surface area contributed by atoms with Crippen molar-refractivity contribution < 1.29 is 28.7 Å². The van der Waals surface area contributed by atoms with Crippen LogP contribution < -0.4 is 10.6 Å². The smallest absolute Gasteiger partial charge is 0.246 e. The summed E-state index contributed by atoms with van der Waals surface area (Å²) < 4.78 is 10.9. The van der Waals surface area contributed by atoms with E-state index in [0.717, 1.165) is 11.1 Å². The summed E-state index contributed by atoms with van der Waals surface area (Å²) in [5.41, 5.74) is 1.10. The summed E-state index contributed by atoms with van der Waals surface area (Å²) in [5.74, 6) is -1.06. The van der Waals surface area contributed by atoms with Crippen molar-refractivity contribution in [1.82, 2.24) is 20.4 Å². The molecule has 2 N–H and O–H groups in total. The van der Waals surface area contributed by atoms with Gasteiger partial charge in [0.2, 0.25) is 17.7 Å². The van der Waals surface area contributed by atoms with Crippen LogP contribution in [0.2, 0.25) is 0 Å². The quantitative estimate of drug-likeness (QED) is 0.340. The van der Waals surface area contributed by atoms with E-state index in [-0.39, 0.29) is 30.2 Å². The maximum absolute atomic E-state index is 13.8. The summed E-state index contributed by atoms with van der Waals surface area (Å²) >= 11 is 0. The van der Waals surface area contributed by atoms with Gasteiger partial charge in [0.05, 0.1) is 32.4 Å². The molecule has 0 radical (unpaired) electrons. The number of rotatable bonds is 13. The number of aryl methyl sites for hydroxylation is 1. The number of hydrogen-bond acceptors (Lipinski definition) is 7. The average Bonchev–Trinajstić information content (AvgIpc) is 3.71. The van der Waals surface area contributed by atoms with Crippen LogP contribution in [0, 0.1) is 0 Å². The molecule has 5 rings (SSSR count). The highest BCUT2D eigenvalue weighted by Gasteiger charge is 2.54. The molecule has 0 aromatic heterocycles. The van der Waals surface area contributed by atoms with E-state index < -0.39 is 29.6 Å². The molecule has 0 bridgehead atoms. The zero-order valence-corrected chi connectivity index (χ0v) is 25.0. The minimum absolute atomic E-state index is 0.125. The van der Waals surface area contributed by atoms with Crippen LogP contribution in [0.3, 0.4) is 0 Å². The monoisotopic (exact) mass is 590 g/mol. The lowest BCUT2D eigenvalue weighted by atomic mass is 9.93. The summed E-state index contributed by atoms with van der Waals surface area (Å²) in [7, 11) is 0. The molecule has 0 saturated carbocycles. The molecule has 3 saturated heterocycles. The van der Waals surface area contributed by atoms with Gasteiger partial charge in [-0.2, -0.15) is 0 Å². The first-order chi connectivity index (χ1) is 20.7. The molecule has 3 heterocycles. The number of carbonyl (C=O) groups is 4. The molecule has 2 aromatic carbocycles. The van der Waals surface area contributed by atoms with E-state index in [1.165, 1.54) is 0 Å². The zero-order chi connectivity index (χ0) is 30.4. The lowest BCUT2D eigenvalue weighted by Gasteiger charge is -2.32. The Morgan fingerprint density at radius 3 is 2.26 bits per heavy atom. The first-order valence-electron chi connectivity index (χ1n) is 15.2. The van der Waals surface area contributed by atoms with Gasteiger partial charge in [-0.15, -0.1) is 0 Å². The van der Waals surface area contributed by atoms with E-state index in [2.05, 4.69) is 10.6 Å². The predicted molar refractivity (Wildman–Crippen MR) is 160 cm³/mol. The second kappa shape index (κ2) is 13.8. The second-order valence-electron chi connectivity index (χ2n) is 12.0. The molecule has 0 aliphatic carbocycles. The number of carbonyl (C=O) groups excluding carboxylic acids is 4. The Balaban J connectivity index is 1.28. The Bertz CT molecular complexity index is 1280. The van der Waals surface area contributed by atoms with Crippen molar-refractivity contribution in [3.63, 3.8) is 0 Å². The minimum atomic E-state index is -0.895. The molecule has 0 spiro atoms. The summed E-state index contributed by atoms with van der Waals surface area (Å²) in [6.07, 6.45) is 1.71. The maximum atomic E-state index is 13.8. The molecule has 3 aliphatic heterocycles. The van der Waals surface area contributed by atoms with Crippen LogP contribution in [-0.2, 0) is 41.5 Å². The van der Waals surface area contributed by atoms with Crippen molar-refractivity contribution >= 4 is 23.5 Å². The van der Waals surface area contributed by atoms with Crippen LogP contribution in [0.5, 0.6) is 0 Å². The van der Waals surface area contributed by atoms with Gasteiger partial charge in [-0.05, 0) is 44.2 Å². The van der Waals surface area contributed by atoms with Crippen molar-refractivity contribution in [2.75, 3.05) is 39.5 Å². The molecule has 10 nitrogen and oxygen atoms in total. The molecule has 230 valence electrons. The maximum Gasteiger partial charge on any atom is 0.246 e. The lowest BCUT2D eigenvalue weighted by Crippen LogP contribution is -2.55. The van der Waals surface area contributed by atoms with Crippen molar-refractivity contribution in [2.45, 2.75) is 69.3 Å². The van der Waals surface area contributed by atoms with Crippen molar-refractivity contribution in [2.24, 2.45) is 0 Å². The predicted octanol–water partition coefficient (Wildman–Crippen LogP) is 1.51. The molecule has 3 fully saturated rings. The Morgan fingerprint density at radius 2 is 1.63 bits per heavy atom. The Labute approximate surface area is 253 Å². The standard InChI is InChI=1S/C33H42N4O6/c1-23-19-27(32(41)37(23)28(30(39)33(2)22-43-33)20-25-11-7-4-8-12-25)35-31(40)26(14-13-24-9-5-3-6-10-24)34-29(38)21-36-15-17-42-18-16-36/h3-12,23,26-28H,13-22H2,1-2H3,(H,34,38)(H,35,40)/t23?,26-,27-,28-,33+/m0/s1. The number of hydrogen-bond donors (Lipinski definition) is 2. The first-order valence-corrected chi connectivity index (χ1v) is 15.2. The van der Waals surface area contributed by atoms with Gasteiger partial charge in [-0.3, -0.25) is 24.1 Å². The van der Waals surface area contributed by atoms with E-state index in [1.54, 1.807) is 11.8 Å². The number of nitrogens with zero attached hydrogens (tertiary/aromatic N) is 2.